The minimum Gasteiger partial charge on any atom is -0.503 e. The van der Waals surface area contributed by atoms with Gasteiger partial charge in [0, 0.05) is 6.54 Å². The molecule has 1 aliphatic rings. The van der Waals surface area contributed by atoms with E-state index in [0.717, 1.165) is 12.8 Å². The lowest BCUT2D eigenvalue weighted by Crippen LogP contribution is -2.29. The molecule has 1 saturated heterocycles. The van der Waals surface area contributed by atoms with Crippen molar-refractivity contribution < 1.29 is 14.6 Å². The zero-order chi connectivity index (χ0) is 20.1. The van der Waals surface area contributed by atoms with Crippen LogP contribution in [0.1, 0.15) is 24.5 Å². The Morgan fingerprint density at radius 3 is 2.75 bits per heavy atom. The number of ether oxygens (including phenoxy) is 1. The first-order valence-corrected chi connectivity index (χ1v) is 10.5. The molecule has 3 rings (SSSR count). The monoisotopic (exact) mass is 433 g/mol. The van der Waals surface area contributed by atoms with Crippen molar-refractivity contribution in [2.24, 2.45) is 0 Å². The van der Waals surface area contributed by atoms with Crippen molar-refractivity contribution in [3.63, 3.8) is 0 Å². The van der Waals surface area contributed by atoms with Crippen LogP contribution in [0.4, 0.5) is 0 Å². The summed E-state index contributed by atoms with van der Waals surface area (Å²) in [7, 11) is 0. The second-order valence-electron chi connectivity index (χ2n) is 6.20. The van der Waals surface area contributed by atoms with E-state index >= 15 is 0 Å². The number of rotatable bonds is 7. The van der Waals surface area contributed by atoms with Crippen molar-refractivity contribution in [2.45, 2.75) is 19.8 Å². The van der Waals surface area contributed by atoms with Gasteiger partial charge in [0.15, 0.2) is 11.5 Å². The lowest BCUT2D eigenvalue weighted by molar-refractivity contribution is -0.122. The number of thioether (sulfide) groups is 1. The average Bonchev–Trinajstić information content (AvgIpc) is 2.94. The van der Waals surface area contributed by atoms with E-state index < -0.39 is 0 Å². The molecule has 0 atom stereocenters. The first-order valence-electron chi connectivity index (χ1n) is 8.94. The Kier molecular flexibility index (Phi) is 6.99. The van der Waals surface area contributed by atoms with Gasteiger partial charge in [-0.2, -0.15) is 0 Å². The van der Waals surface area contributed by atoms with Gasteiger partial charge in [0.25, 0.3) is 5.91 Å². The highest BCUT2D eigenvalue weighted by molar-refractivity contribution is 8.26. The molecule has 1 aliphatic heterocycles. The molecule has 1 amide bonds. The molecule has 0 saturated carbocycles. The van der Waals surface area contributed by atoms with Crippen molar-refractivity contribution in [1.82, 2.24) is 4.90 Å². The second-order valence-corrected chi connectivity index (χ2v) is 8.29. The summed E-state index contributed by atoms with van der Waals surface area (Å²) < 4.78 is 5.95. The van der Waals surface area contributed by atoms with Crippen LogP contribution < -0.4 is 4.74 Å². The number of hydrogen-bond acceptors (Lipinski definition) is 5. The van der Waals surface area contributed by atoms with Crippen LogP contribution in [0.2, 0.25) is 5.02 Å². The van der Waals surface area contributed by atoms with E-state index in [2.05, 4.69) is 12.1 Å². The smallest absolute Gasteiger partial charge is 0.266 e. The number of amides is 1. The van der Waals surface area contributed by atoms with E-state index in [1.54, 1.807) is 23.1 Å². The second kappa shape index (κ2) is 9.45. The Hall–Kier alpha value is -2.02. The standard InChI is InChI=1S/C21H20ClNO3S2/c1-2-26-17-12-15(11-16(22)19(17)24)13-18-20(25)23(21(27)28-18)10-6-9-14-7-4-3-5-8-14/h3-5,7-8,11-13,24H,2,6,9-10H2,1H3. The van der Waals surface area contributed by atoms with Crippen molar-refractivity contribution in [1.29, 1.82) is 0 Å². The third kappa shape index (κ3) is 4.87. The number of aryl methyl sites for hydroxylation is 1. The van der Waals surface area contributed by atoms with Gasteiger partial charge in [-0.15, -0.1) is 0 Å². The van der Waals surface area contributed by atoms with Crippen LogP contribution in [-0.2, 0) is 11.2 Å². The summed E-state index contributed by atoms with van der Waals surface area (Å²) in [5, 5.41) is 10.1. The fraction of sp³-hybridized carbons (Fsp3) is 0.238. The van der Waals surface area contributed by atoms with Gasteiger partial charge in [-0.05, 0) is 49.1 Å². The molecule has 0 unspecified atom stereocenters. The fourth-order valence-electron chi connectivity index (χ4n) is 2.87. The van der Waals surface area contributed by atoms with Gasteiger partial charge >= 0.3 is 0 Å². The Morgan fingerprint density at radius 2 is 2.04 bits per heavy atom. The van der Waals surface area contributed by atoms with Gasteiger partial charge in [0.05, 0.1) is 16.5 Å². The Morgan fingerprint density at radius 1 is 1.29 bits per heavy atom. The molecule has 4 nitrogen and oxygen atoms in total. The SMILES string of the molecule is CCOc1cc(C=C2SC(=S)N(CCCc3ccccc3)C2=O)cc(Cl)c1O. The van der Waals surface area contributed by atoms with Crippen LogP contribution in [0, 0.1) is 0 Å². The number of carbonyl (C=O) groups excluding carboxylic acids is 1. The summed E-state index contributed by atoms with van der Waals surface area (Å²) in [5.74, 6) is 0.0823. The van der Waals surface area contributed by atoms with E-state index in [1.807, 2.05) is 25.1 Å². The third-order valence-corrected chi connectivity index (χ3v) is 5.88. The van der Waals surface area contributed by atoms with Gasteiger partial charge < -0.3 is 9.84 Å². The van der Waals surface area contributed by atoms with Gasteiger partial charge in [0.1, 0.15) is 4.32 Å². The predicted octanol–water partition coefficient (Wildman–Crippen LogP) is 5.28. The maximum atomic E-state index is 12.8. The van der Waals surface area contributed by atoms with E-state index in [1.165, 1.54) is 17.3 Å². The molecular formula is C21H20ClNO3S2. The van der Waals surface area contributed by atoms with Crippen molar-refractivity contribution >= 4 is 51.9 Å². The van der Waals surface area contributed by atoms with Gasteiger partial charge in [-0.3, -0.25) is 9.69 Å². The summed E-state index contributed by atoms with van der Waals surface area (Å²) in [6, 6.07) is 13.4. The molecule has 0 bridgehead atoms. The summed E-state index contributed by atoms with van der Waals surface area (Å²) in [5.41, 5.74) is 1.92. The quantitative estimate of drug-likeness (QED) is 0.475. The number of thiocarbonyl (C=S) groups is 1. The Labute approximate surface area is 179 Å². The van der Waals surface area contributed by atoms with Gasteiger partial charge in [-0.25, -0.2) is 0 Å². The van der Waals surface area contributed by atoms with E-state index in [0.29, 0.717) is 33.7 Å². The molecule has 1 fully saturated rings. The van der Waals surface area contributed by atoms with Crippen LogP contribution in [-0.4, -0.2) is 33.4 Å². The lowest BCUT2D eigenvalue weighted by Gasteiger charge is -2.14. The molecule has 2 aromatic rings. The van der Waals surface area contributed by atoms with Crippen LogP contribution >= 0.6 is 35.6 Å². The highest BCUT2D eigenvalue weighted by Gasteiger charge is 2.31. The maximum Gasteiger partial charge on any atom is 0.266 e. The van der Waals surface area contributed by atoms with Crippen LogP contribution in [0.5, 0.6) is 11.5 Å². The molecule has 28 heavy (non-hydrogen) atoms. The van der Waals surface area contributed by atoms with E-state index in [-0.39, 0.29) is 16.7 Å². The van der Waals surface area contributed by atoms with Crippen molar-refractivity contribution in [3.05, 3.63) is 63.5 Å². The zero-order valence-electron chi connectivity index (χ0n) is 15.4. The lowest BCUT2D eigenvalue weighted by atomic mass is 10.1. The number of phenolic OH excluding ortho intramolecular Hbond substituents is 1. The highest BCUT2D eigenvalue weighted by atomic mass is 35.5. The number of halogens is 1. The average molecular weight is 434 g/mol. The summed E-state index contributed by atoms with van der Waals surface area (Å²) in [6.45, 7) is 2.80. The third-order valence-electron chi connectivity index (χ3n) is 4.21. The number of phenols is 1. The Bertz CT molecular complexity index is 915. The minimum absolute atomic E-state index is 0.103. The minimum atomic E-state index is -0.106. The molecule has 1 N–H and O–H groups in total. The molecule has 146 valence electrons. The molecule has 1 heterocycles. The highest BCUT2D eigenvalue weighted by Crippen LogP contribution is 2.38. The predicted molar refractivity (Wildman–Crippen MR) is 119 cm³/mol. The van der Waals surface area contributed by atoms with E-state index in [9.17, 15) is 9.90 Å². The Balaban J connectivity index is 1.70. The topological polar surface area (TPSA) is 49.8 Å². The molecule has 2 aromatic carbocycles. The molecule has 0 spiro atoms. The van der Waals surface area contributed by atoms with Crippen molar-refractivity contribution in [2.75, 3.05) is 13.2 Å². The number of carbonyl (C=O) groups is 1. The van der Waals surface area contributed by atoms with Crippen molar-refractivity contribution in [3.8, 4) is 11.5 Å². The summed E-state index contributed by atoms with van der Waals surface area (Å²) in [6.07, 6.45) is 3.45. The fourth-order valence-corrected chi connectivity index (χ4v) is 4.40. The number of benzene rings is 2. The number of nitrogens with zero attached hydrogens (tertiary/aromatic N) is 1. The first kappa shape index (κ1) is 20.7. The van der Waals surface area contributed by atoms with Crippen LogP contribution in [0.25, 0.3) is 6.08 Å². The van der Waals surface area contributed by atoms with Gasteiger partial charge in [-0.1, -0.05) is 65.9 Å². The largest absolute Gasteiger partial charge is 0.503 e. The summed E-state index contributed by atoms with van der Waals surface area (Å²) >= 11 is 12.7. The van der Waals surface area contributed by atoms with Crippen LogP contribution in [0.15, 0.2) is 47.4 Å². The first-order chi connectivity index (χ1) is 13.5. The van der Waals surface area contributed by atoms with Gasteiger partial charge in [0.2, 0.25) is 0 Å². The van der Waals surface area contributed by atoms with E-state index in [4.69, 9.17) is 28.6 Å². The summed E-state index contributed by atoms with van der Waals surface area (Å²) in [4.78, 5) is 14.9. The van der Waals surface area contributed by atoms with Crippen LogP contribution in [0.3, 0.4) is 0 Å². The molecule has 7 heteroatoms. The maximum absolute atomic E-state index is 12.8. The zero-order valence-corrected chi connectivity index (χ0v) is 17.7. The number of aromatic hydroxyl groups is 1. The molecule has 0 aromatic heterocycles. The number of hydrogen-bond donors (Lipinski definition) is 1. The normalized spacial score (nSPS) is 15.5. The molecular weight excluding hydrogens is 414 g/mol. The molecule has 0 radical (unpaired) electrons. The molecule has 0 aliphatic carbocycles.